The van der Waals surface area contributed by atoms with Crippen LogP contribution < -0.4 is 5.32 Å². The number of halogens is 1. The van der Waals surface area contributed by atoms with Gasteiger partial charge >= 0.3 is 0 Å². The van der Waals surface area contributed by atoms with Gasteiger partial charge in [-0.1, -0.05) is 6.07 Å². The topological polar surface area (TPSA) is 36.3 Å². The number of rotatable bonds is 7. The van der Waals surface area contributed by atoms with Crippen molar-refractivity contribution in [2.45, 2.75) is 32.4 Å². The maximum absolute atomic E-state index is 13.5. The van der Waals surface area contributed by atoms with Crippen molar-refractivity contribution in [2.75, 3.05) is 27.2 Å². The van der Waals surface area contributed by atoms with E-state index in [-0.39, 0.29) is 17.9 Å². The van der Waals surface area contributed by atoms with Gasteiger partial charge in [-0.15, -0.1) is 0 Å². The Morgan fingerprint density at radius 3 is 2.53 bits per heavy atom. The van der Waals surface area contributed by atoms with Gasteiger partial charge in [-0.25, -0.2) is 4.39 Å². The third-order valence-corrected chi connectivity index (χ3v) is 6.43. The third kappa shape index (κ3) is 4.40. The van der Waals surface area contributed by atoms with Crippen molar-refractivity contribution in [3.63, 3.8) is 0 Å². The highest BCUT2D eigenvalue weighted by molar-refractivity contribution is 7.80. The fourth-order valence-corrected chi connectivity index (χ4v) is 4.95. The van der Waals surface area contributed by atoms with E-state index in [0.29, 0.717) is 0 Å². The number of aryl methyl sites for hydroxylation is 1. The second kappa shape index (κ2) is 9.38. The molecule has 1 aliphatic rings. The SMILES string of the molecule is Cc1cc([C@H]2[C@@H](c3ccccn3)NC(=S)N2CCCN(C)C)c(C)n1-c1ccc(F)cc1. The normalized spacial score (nSPS) is 18.4. The molecular formula is C25H30FN5S. The Morgan fingerprint density at radius 2 is 1.88 bits per heavy atom. The lowest BCUT2D eigenvalue weighted by Gasteiger charge is -2.28. The van der Waals surface area contributed by atoms with Gasteiger partial charge in [0.25, 0.3) is 0 Å². The molecule has 4 rings (SSSR count). The van der Waals surface area contributed by atoms with Crippen molar-refractivity contribution >= 4 is 17.3 Å². The molecule has 1 aromatic carbocycles. The standard InChI is InChI=1S/C25H30FN5S/c1-17-16-21(18(2)31(17)20-11-9-19(26)10-12-20)24-23(22-8-5-6-13-27-22)28-25(32)30(24)15-7-14-29(3)4/h5-6,8-13,16,23-24H,7,14-15H2,1-4H3,(H,28,32)/t23-,24+/m1/s1. The van der Waals surface area contributed by atoms with Crippen molar-refractivity contribution in [3.8, 4) is 5.69 Å². The molecule has 1 fully saturated rings. The van der Waals surface area contributed by atoms with Gasteiger partial charge in [0.05, 0.1) is 17.8 Å². The van der Waals surface area contributed by atoms with E-state index in [0.717, 1.165) is 47.4 Å². The molecule has 168 valence electrons. The van der Waals surface area contributed by atoms with Crippen LogP contribution in [0.15, 0.2) is 54.7 Å². The zero-order valence-corrected chi connectivity index (χ0v) is 19.9. The van der Waals surface area contributed by atoms with Crippen molar-refractivity contribution in [3.05, 3.63) is 83.2 Å². The van der Waals surface area contributed by atoms with Crippen LogP contribution >= 0.6 is 12.2 Å². The average Bonchev–Trinajstić information content (AvgIpc) is 3.25. The number of nitrogens with one attached hydrogen (secondary N) is 1. The molecule has 0 spiro atoms. The van der Waals surface area contributed by atoms with E-state index in [9.17, 15) is 4.39 Å². The minimum Gasteiger partial charge on any atom is -0.352 e. The Labute approximate surface area is 194 Å². The average molecular weight is 452 g/mol. The summed E-state index contributed by atoms with van der Waals surface area (Å²) in [6, 6.07) is 14.9. The molecule has 0 unspecified atom stereocenters. The van der Waals surface area contributed by atoms with Gasteiger partial charge < -0.3 is 19.7 Å². The first-order valence-electron chi connectivity index (χ1n) is 10.9. The molecule has 1 saturated heterocycles. The van der Waals surface area contributed by atoms with Gasteiger partial charge in [0.15, 0.2) is 5.11 Å². The first kappa shape index (κ1) is 22.4. The van der Waals surface area contributed by atoms with Crippen LogP contribution in [0.4, 0.5) is 4.39 Å². The van der Waals surface area contributed by atoms with E-state index in [1.165, 1.54) is 17.7 Å². The van der Waals surface area contributed by atoms with E-state index in [1.807, 2.05) is 30.5 Å². The summed E-state index contributed by atoms with van der Waals surface area (Å²) in [5, 5.41) is 4.29. The first-order valence-corrected chi connectivity index (χ1v) is 11.3. The summed E-state index contributed by atoms with van der Waals surface area (Å²) in [4.78, 5) is 9.13. The van der Waals surface area contributed by atoms with Gasteiger partial charge in [0.2, 0.25) is 0 Å². The van der Waals surface area contributed by atoms with E-state index in [1.54, 1.807) is 0 Å². The number of thiocarbonyl (C=S) groups is 1. The number of pyridine rings is 1. The highest BCUT2D eigenvalue weighted by atomic mass is 32.1. The van der Waals surface area contributed by atoms with Crippen LogP contribution in [0, 0.1) is 19.7 Å². The number of benzene rings is 1. The molecule has 1 aliphatic heterocycles. The number of aromatic nitrogens is 2. The summed E-state index contributed by atoms with van der Waals surface area (Å²) in [6.07, 6.45) is 2.84. The zero-order valence-electron chi connectivity index (χ0n) is 19.0. The van der Waals surface area contributed by atoms with Crippen LogP contribution in [0.5, 0.6) is 0 Å². The molecule has 2 atom stereocenters. The second-order valence-corrected chi connectivity index (χ2v) is 9.00. The van der Waals surface area contributed by atoms with Crippen molar-refractivity contribution in [1.29, 1.82) is 0 Å². The van der Waals surface area contributed by atoms with Crippen LogP contribution in [0.1, 0.15) is 41.1 Å². The highest BCUT2D eigenvalue weighted by Crippen LogP contribution is 2.41. The molecule has 32 heavy (non-hydrogen) atoms. The Morgan fingerprint density at radius 1 is 1.12 bits per heavy atom. The summed E-state index contributed by atoms with van der Waals surface area (Å²) < 4.78 is 15.7. The minimum atomic E-state index is -0.232. The maximum atomic E-state index is 13.5. The van der Waals surface area contributed by atoms with Crippen LogP contribution in [0.3, 0.4) is 0 Å². The Balaban J connectivity index is 1.76. The Hall–Kier alpha value is -2.77. The fourth-order valence-electron chi connectivity index (χ4n) is 4.62. The van der Waals surface area contributed by atoms with Crippen LogP contribution in [-0.2, 0) is 0 Å². The summed E-state index contributed by atoms with van der Waals surface area (Å²) in [5.41, 5.74) is 5.37. The van der Waals surface area contributed by atoms with Gasteiger partial charge in [-0.2, -0.15) is 0 Å². The quantitative estimate of drug-likeness (QED) is 0.533. The molecule has 2 aromatic heterocycles. The van der Waals surface area contributed by atoms with Crippen molar-refractivity contribution < 1.29 is 4.39 Å². The highest BCUT2D eigenvalue weighted by Gasteiger charge is 2.41. The first-order chi connectivity index (χ1) is 15.4. The Bertz CT molecular complexity index is 1080. The number of hydrogen-bond acceptors (Lipinski definition) is 3. The minimum absolute atomic E-state index is 0.0277. The summed E-state index contributed by atoms with van der Waals surface area (Å²) in [5.74, 6) is -0.232. The molecule has 0 saturated carbocycles. The van der Waals surface area contributed by atoms with E-state index in [4.69, 9.17) is 12.2 Å². The van der Waals surface area contributed by atoms with Crippen molar-refractivity contribution in [1.82, 2.24) is 24.7 Å². The second-order valence-electron chi connectivity index (χ2n) is 8.62. The maximum Gasteiger partial charge on any atom is 0.170 e. The monoisotopic (exact) mass is 451 g/mol. The van der Waals surface area contributed by atoms with Crippen LogP contribution in [-0.4, -0.2) is 51.6 Å². The van der Waals surface area contributed by atoms with Gasteiger partial charge in [0.1, 0.15) is 5.82 Å². The molecule has 3 heterocycles. The molecule has 1 N–H and O–H groups in total. The smallest absolute Gasteiger partial charge is 0.170 e. The lowest BCUT2D eigenvalue weighted by atomic mass is 9.96. The zero-order chi connectivity index (χ0) is 22.8. The summed E-state index contributed by atoms with van der Waals surface area (Å²) >= 11 is 5.79. The van der Waals surface area contributed by atoms with Gasteiger partial charge in [0, 0.05) is 29.8 Å². The predicted molar refractivity (Wildman–Crippen MR) is 131 cm³/mol. The largest absolute Gasteiger partial charge is 0.352 e. The lowest BCUT2D eigenvalue weighted by Crippen LogP contribution is -2.32. The fraction of sp³-hybridized carbons (Fsp3) is 0.360. The number of hydrogen-bond donors (Lipinski definition) is 1. The molecule has 0 bridgehead atoms. The lowest BCUT2D eigenvalue weighted by molar-refractivity contribution is 0.292. The molecule has 0 aliphatic carbocycles. The van der Waals surface area contributed by atoms with E-state index < -0.39 is 0 Å². The molecule has 0 radical (unpaired) electrons. The molecule has 3 aromatic rings. The molecular weight excluding hydrogens is 421 g/mol. The number of nitrogens with zero attached hydrogens (tertiary/aromatic N) is 4. The van der Waals surface area contributed by atoms with E-state index >= 15 is 0 Å². The summed E-state index contributed by atoms with van der Waals surface area (Å²) in [6.45, 7) is 6.07. The predicted octanol–water partition coefficient (Wildman–Crippen LogP) is 4.55. The summed E-state index contributed by atoms with van der Waals surface area (Å²) in [7, 11) is 4.18. The molecule has 0 amide bonds. The third-order valence-electron chi connectivity index (χ3n) is 6.08. The van der Waals surface area contributed by atoms with E-state index in [2.05, 4.69) is 64.7 Å². The van der Waals surface area contributed by atoms with Crippen LogP contribution in [0.2, 0.25) is 0 Å². The van der Waals surface area contributed by atoms with Gasteiger partial charge in [-0.05, 0) is 101 Å². The van der Waals surface area contributed by atoms with Crippen LogP contribution in [0.25, 0.3) is 5.69 Å². The van der Waals surface area contributed by atoms with Crippen molar-refractivity contribution in [2.24, 2.45) is 0 Å². The Kier molecular flexibility index (Phi) is 6.58. The molecule has 7 heteroatoms. The van der Waals surface area contributed by atoms with Gasteiger partial charge in [-0.3, -0.25) is 4.98 Å². The molecule has 5 nitrogen and oxygen atoms in total.